The molecule has 0 amide bonds. The van der Waals surface area contributed by atoms with Crippen molar-refractivity contribution in [3.63, 3.8) is 0 Å². The lowest BCUT2D eigenvalue weighted by Gasteiger charge is -2.35. The van der Waals surface area contributed by atoms with Crippen molar-refractivity contribution in [2.45, 2.75) is 45.7 Å². The summed E-state index contributed by atoms with van der Waals surface area (Å²) in [5, 5.41) is 7.47. The third-order valence-electron chi connectivity index (χ3n) is 4.32. The average molecular weight is 341 g/mol. The molecule has 1 aliphatic rings. The largest absolute Gasteiger partial charge is 0.467 e. The van der Waals surface area contributed by atoms with Gasteiger partial charge in [-0.05, 0) is 54.8 Å². The Labute approximate surface area is 142 Å². The molecule has 3 atom stereocenters. The Bertz CT molecular complexity index is 492. The summed E-state index contributed by atoms with van der Waals surface area (Å²) in [5.74, 6) is 2.19. The van der Waals surface area contributed by atoms with E-state index in [1.807, 2.05) is 12.1 Å². The summed E-state index contributed by atoms with van der Waals surface area (Å²) in [5.41, 5.74) is 5.82. The number of nitrogens with one attached hydrogen (secondary N) is 4. The van der Waals surface area contributed by atoms with Crippen LogP contribution in [0.2, 0.25) is 0 Å². The molecule has 4 N–H and O–H groups in total. The van der Waals surface area contributed by atoms with Gasteiger partial charge in [0.05, 0.1) is 12.8 Å². The first-order valence-corrected chi connectivity index (χ1v) is 8.50. The van der Waals surface area contributed by atoms with Crippen LogP contribution in [0, 0.1) is 11.8 Å². The van der Waals surface area contributed by atoms with Gasteiger partial charge in [0.1, 0.15) is 5.76 Å². The van der Waals surface area contributed by atoms with Crippen molar-refractivity contribution in [3.05, 3.63) is 24.2 Å². The van der Waals surface area contributed by atoms with Gasteiger partial charge in [-0.1, -0.05) is 26.7 Å². The number of thiocarbonyl (C=S) groups is 2. The number of hydrogen-bond acceptors (Lipinski definition) is 3. The molecule has 0 saturated heterocycles. The molecule has 7 heteroatoms. The molecule has 122 valence electrons. The molecular formula is C15H24N4OS2. The van der Waals surface area contributed by atoms with Gasteiger partial charge in [-0.3, -0.25) is 10.9 Å². The van der Waals surface area contributed by atoms with Crippen molar-refractivity contribution in [1.82, 2.24) is 21.5 Å². The maximum absolute atomic E-state index is 5.32. The van der Waals surface area contributed by atoms with Gasteiger partial charge < -0.3 is 15.1 Å². The van der Waals surface area contributed by atoms with Crippen LogP contribution in [0.25, 0.3) is 0 Å². The fourth-order valence-electron chi connectivity index (χ4n) is 2.73. The van der Waals surface area contributed by atoms with E-state index < -0.39 is 0 Å². The van der Waals surface area contributed by atoms with Crippen LogP contribution in [0.4, 0.5) is 0 Å². The van der Waals surface area contributed by atoms with Crippen molar-refractivity contribution in [2.75, 3.05) is 0 Å². The topological polar surface area (TPSA) is 61.3 Å². The Hall–Kier alpha value is -1.34. The van der Waals surface area contributed by atoms with E-state index in [9.17, 15) is 0 Å². The van der Waals surface area contributed by atoms with E-state index in [0.29, 0.717) is 28.7 Å². The van der Waals surface area contributed by atoms with Gasteiger partial charge in [-0.2, -0.15) is 0 Å². The minimum atomic E-state index is 0.426. The summed E-state index contributed by atoms with van der Waals surface area (Å²) in [6, 6.07) is 4.16. The smallest absolute Gasteiger partial charge is 0.185 e. The van der Waals surface area contributed by atoms with E-state index in [2.05, 4.69) is 35.3 Å². The van der Waals surface area contributed by atoms with Crippen LogP contribution in [-0.2, 0) is 6.54 Å². The molecule has 1 saturated carbocycles. The zero-order valence-electron chi connectivity index (χ0n) is 13.0. The van der Waals surface area contributed by atoms with Crippen LogP contribution in [0.1, 0.15) is 38.9 Å². The van der Waals surface area contributed by atoms with Gasteiger partial charge in [0, 0.05) is 6.04 Å². The minimum Gasteiger partial charge on any atom is -0.467 e. The lowest BCUT2D eigenvalue weighted by Crippen LogP contribution is -2.54. The molecule has 0 aromatic carbocycles. The van der Waals surface area contributed by atoms with E-state index >= 15 is 0 Å². The highest BCUT2D eigenvalue weighted by Gasteiger charge is 2.27. The normalized spacial score (nSPS) is 24.4. The first-order chi connectivity index (χ1) is 10.6. The predicted octanol–water partition coefficient (Wildman–Crippen LogP) is 2.45. The Morgan fingerprint density at radius 2 is 2.00 bits per heavy atom. The molecule has 0 bridgehead atoms. The van der Waals surface area contributed by atoms with Crippen LogP contribution in [0.15, 0.2) is 22.8 Å². The zero-order valence-corrected chi connectivity index (χ0v) is 14.7. The van der Waals surface area contributed by atoms with E-state index in [0.717, 1.165) is 18.1 Å². The summed E-state index contributed by atoms with van der Waals surface area (Å²) < 4.78 is 5.22. The maximum Gasteiger partial charge on any atom is 0.185 e. The van der Waals surface area contributed by atoms with E-state index in [1.54, 1.807) is 6.26 Å². The van der Waals surface area contributed by atoms with Gasteiger partial charge in [-0.25, -0.2) is 0 Å². The molecular weight excluding hydrogens is 316 g/mol. The Balaban J connectivity index is 1.65. The van der Waals surface area contributed by atoms with Crippen molar-refractivity contribution in [3.8, 4) is 0 Å². The molecule has 1 heterocycles. The van der Waals surface area contributed by atoms with Crippen molar-refractivity contribution < 1.29 is 4.42 Å². The monoisotopic (exact) mass is 340 g/mol. The van der Waals surface area contributed by atoms with Crippen molar-refractivity contribution in [1.29, 1.82) is 0 Å². The van der Waals surface area contributed by atoms with Gasteiger partial charge in [0.2, 0.25) is 0 Å². The van der Waals surface area contributed by atoms with Crippen LogP contribution < -0.4 is 21.5 Å². The minimum absolute atomic E-state index is 0.426. The van der Waals surface area contributed by atoms with Crippen LogP contribution >= 0.6 is 24.4 Å². The lowest BCUT2D eigenvalue weighted by atomic mass is 9.78. The zero-order chi connectivity index (χ0) is 15.9. The summed E-state index contributed by atoms with van der Waals surface area (Å²) in [7, 11) is 0. The first kappa shape index (κ1) is 17.0. The second-order valence-corrected chi connectivity index (χ2v) is 6.68. The maximum atomic E-state index is 5.32. The fraction of sp³-hybridized carbons (Fsp3) is 0.600. The fourth-order valence-corrected chi connectivity index (χ4v) is 3.05. The molecule has 1 aliphatic carbocycles. The summed E-state index contributed by atoms with van der Waals surface area (Å²) in [6.07, 6.45) is 5.35. The Kier molecular flexibility index (Phi) is 6.45. The first-order valence-electron chi connectivity index (χ1n) is 7.69. The van der Waals surface area contributed by atoms with Gasteiger partial charge in [0.25, 0.3) is 0 Å². The molecule has 1 aromatic heterocycles. The second kappa shape index (κ2) is 8.33. The quantitative estimate of drug-likeness (QED) is 0.498. The molecule has 0 spiro atoms. The summed E-state index contributed by atoms with van der Waals surface area (Å²) in [6.45, 7) is 5.13. The highest BCUT2D eigenvalue weighted by Crippen LogP contribution is 2.29. The lowest BCUT2D eigenvalue weighted by molar-refractivity contribution is 0.224. The number of rotatable bonds is 3. The van der Waals surface area contributed by atoms with Crippen LogP contribution in [0.5, 0.6) is 0 Å². The van der Waals surface area contributed by atoms with E-state index in [1.165, 1.54) is 12.8 Å². The third-order valence-corrected chi connectivity index (χ3v) is 4.78. The molecule has 2 rings (SSSR count). The van der Waals surface area contributed by atoms with Gasteiger partial charge in [-0.15, -0.1) is 0 Å². The molecule has 1 fully saturated rings. The van der Waals surface area contributed by atoms with Gasteiger partial charge >= 0.3 is 0 Å². The highest BCUT2D eigenvalue weighted by molar-refractivity contribution is 7.80. The number of hydrogen-bond donors (Lipinski definition) is 4. The molecule has 0 unspecified atom stereocenters. The summed E-state index contributed by atoms with van der Waals surface area (Å²) in [4.78, 5) is 0. The number of furan rings is 1. The number of hydrazine groups is 1. The molecule has 22 heavy (non-hydrogen) atoms. The average Bonchev–Trinajstić information content (AvgIpc) is 3.01. The molecule has 1 aromatic rings. The molecule has 0 aliphatic heterocycles. The Morgan fingerprint density at radius 1 is 1.23 bits per heavy atom. The molecule has 0 radical (unpaired) electrons. The van der Waals surface area contributed by atoms with E-state index in [4.69, 9.17) is 28.9 Å². The van der Waals surface area contributed by atoms with Crippen molar-refractivity contribution in [2.24, 2.45) is 11.8 Å². The second-order valence-electron chi connectivity index (χ2n) is 5.86. The SMILES string of the molecule is C[C@@H]1[C@@H](C)CCC[C@H]1NC(=S)NNC(=S)NCc1ccco1. The van der Waals surface area contributed by atoms with Crippen LogP contribution in [0.3, 0.4) is 0 Å². The summed E-state index contributed by atoms with van der Waals surface area (Å²) >= 11 is 10.5. The molecule has 5 nitrogen and oxygen atoms in total. The highest BCUT2D eigenvalue weighted by atomic mass is 32.1. The van der Waals surface area contributed by atoms with Gasteiger partial charge in [0.15, 0.2) is 10.2 Å². The van der Waals surface area contributed by atoms with Crippen molar-refractivity contribution >= 4 is 34.7 Å². The van der Waals surface area contributed by atoms with E-state index in [-0.39, 0.29) is 0 Å². The standard InChI is InChI=1S/C15H24N4OS2/c1-10-5-3-7-13(11(10)2)17-15(22)19-18-14(21)16-9-12-6-4-8-20-12/h4,6,8,10-11,13H,3,5,7,9H2,1-2H3,(H2,16,18,21)(H2,17,19,22)/t10-,11+,13+/m0/s1. The van der Waals surface area contributed by atoms with Crippen LogP contribution in [-0.4, -0.2) is 16.3 Å². The Morgan fingerprint density at radius 3 is 2.73 bits per heavy atom. The predicted molar refractivity (Wildman–Crippen MR) is 96.1 cm³/mol. The third kappa shape index (κ3) is 5.14.